The van der Waals surface area contributed by atoms with Gasteiger partial charge in [-0.15, -0.1) is 0 Å². The molecule has 9 nitrogen and oxygen atoms in total. The lowest BCUT2D eigenvalue weighted by molar-refractivity contribution is 0.0843. The van der Waals surface area contributed by atoms with Crippen molar-refractivity contribution in [1.82, 2.24) is 30.4 Å². The minimum atomic E-state index is -0.622. The molecule has 0 saturated heterocycles. The molecule has 4 rings (SSSR count). The van der Waals surface area contributed by atoms with E-state index in [1.165, 1.54) is 10.9 Å². The van der Waals surface area contributed by atoms with Gasteiger partial charge in [-0.05, 0) is 38.0 Å². The molecule has 0 aliphatic heterocycles. The molecule has 2 aromatic heterocycles. The lowest BCUT2D eigenvalue weighted by atomic mass is 10.1. The number of aryl methyl sites for hydroxylation is 2. The fourth-order valence-corrected chi connectivity index (χ4v) is 3.84. The van der Waals surface area contributed by atoms with E-state index < -0.39 is 11.8 Å². The number of hydrogen-bond acceptors (Lipinski definition) is 5. The van der Waals surface area contributed by atoms with Crippen molar-refractivity contribution in [3.05, 3.63) is 87.6 Å². The second kappa shape index (κ2) is 9.30. The van der Waals surface area contributed by atoms with Crippen LogP contribution in [-0.2, 0) is 6.54 Å². The predicted octanol–water partition coefficient (Wildman–Crippen LogP) is 3.11. The van der Waals surface area contributed by atoms with Crippen molar-refractivity contribution in [2.75, 3.05) is 0 Å². The van der Waals surface area contributed by atoms with Gasteiger partial charge in [-0.2, -0.15) is 10.2 Å². The maximum Gasteiger partial charge on any atom is 0.290 e. The Morgan fingerprint density at radius 1 is 0.971 bits per heavy atom. The molecule has 0 saturated carbocycles. The van der Waals surface area contributed by atoms with E-state index in [0.29, 0.717) is 22.9 Å². The van der Waals surface area contributed by atoms with E-state index in [1.54, 1.807) is 35.9 Å². The van der Waals surface area contributed by atoms with Crippen LogP contribution in [-0.4, -0.2) is 31.4 Å². The van der Waals surface area contributed by atoms with Crippen LogP contribution in [0.1, 0.15) is 58.8 Å². The molecule has 0 aliphatic rings. The Hall–Kier alpha value is -4.27. The van der Waals surface area contributed by atoms with Crippen LogP contribution in [0.15, 0.2) is 59.5 Å². The minimum absolute atomic E-state index is 0.000948. The van der Waals surface area contributed by atoms with Crippen LogP contribution in [0.3, 0.4) is 0 Å². The Labute approximate surface area is 196 Å². The number of nitrogens with zero attached hydrogens (tertiary/aromatic N) is 4. The molecular formula is C25H26N6O3. The molecule has 2 amide bonds. The van der Waals surface area contributed by atoms with Crippen molar-refractivity contribution in [1.29, 1.82) is 0 Å². The Morgan fingerprint density at radius 3 is 2.26 bits per heavy atom. The summed E-state index contributed by atoms with van der Waals surface area (Å²) in [6.07, 6.45) is 1.49. The zero-order valence-corrected chi connectivity index (χ0v) is 19.5. The fraction of sp³-hybridized carbons (Fsp3) is 0.240. The predicted molar refractivity (Wildman–Crippen MR) is 129 cm³/mol. The van der Waals surface area contributed by atoms with Crippen LogP contribution >= 0.6 is 0 Å². The van der Waals surface area contributed by atoms with Gasteiger partial charge in [-0.25, -0.2) is 9.36 Å². The number of fused-ring (bicyclic) bond motifs is 1. The number of rotatable bonds is 5. The molecule has 0 aliphatic carbocycles. The zero-order valence-electron chi connectivity index (χ0n) is 19.5. The Kier molecular flexibility index (Phi) is 6.27. The van der Waals surface area contributed by atoms with Gasteiger partial charge < -0.3 is 0 Å². The highest BCUT2D eigenvalue weighted by molar-refractivity contribution is 6.06. The topological polar surface area (TPSA) is 111 Å². The van der Waals surface area contributed by atoms with Gasteiger partial charge in [0.2, 0.25) is 0 Å². The molecule has 174 valence electrons. The van der Waals surface area contributed by atoms with E-state index in [-0.39, 0.29) is 17.2 Å². The summed E-state index contributed by atoms with van der Waals surface area (Å²) in [7, 11) is 0. The normalized spacial score (nSPS) is 11.1. The maximum absolute atomic E-state index is 13.0. The Balaban J connectivity index is 1.60. The monoisotopic (exact) mass is 458 g/mol. The number of hydrazine groups is 1. The number of carbonyl (C=O) groups is 2. The molecule has 0 unspecified atom stereocenters. The summed E-state index contributed by atoms with van der Waals surface area (Å²) in [4.78, 5) is 38.4. The van der Waals surface area contributed by atoms with E-state index in [9.17, 15) is 14.4 Å². The molecule has 9 heteroatoms. The first-order valence-corrected chi connectivity index (χ1v) is 11.1. The van der Waals surface area contributed by atoms with E-state index in [0.717, 1.165) is 16.9 Å². The van der Waals surface area contributed by atoms with Crippen molar-refractivity contribution in [2.24, 2.45) is 0 Å². The highest BCUT2D eigenvalue weighted by Crippen LogP contribution is 2.23. The van der Waals surface area contributed by atoms with Gasteiger partial charge in [0.25, 0.3) is 17.4 Å². The van der Waals surface area contributed by atoms with Gasteiger partial charge in [0, 0.05) is 11.9 Å². The summed E-state index contributed by atoms with van der Waals surface area (Å²) in [5, 5.41) is 9.40. The standard InChI is InChI=1S/C25H26N6O3/c1-5-30-25(34)19-9-7-6-8-18(19)21(29-30)24(33)28-27-23(32)20-14-26-31(22(20)15(2)3)17-12-10-16(4)11-13-17/h6-15H,5H2,1-4H3,(H,27,32)(H,28,33). The van der Waals surface area contributed by atoms with Gasteiger partial charge in [0.1, 0.15) is 0 Å². The summed E-state index contributed by atoms with van der Waals surface area (Å²) in [6.45, 7) is 8.03. The van der Waals surface area contributed by atoms with Gasteiger partial charge in [0.15, 0.2) is 5.69 Å². The third kappa shape index (κ3) is 4.19. The Bertz CT molecular complexity index is 1430. The number of amides is 2. The van der Waals surface area contributed by atoms with Crippen LogP contribution in [0.4, 0.5) is 0 Å². The molecule has 34 heavy (non-hydrogen) atoms. The van der Waals surface area contributed by atoms with Crippen LogP contribution in [0, 0.1) is 6.92 Å². The van der Waals surface area contributed by atoms with Crippen molar-refractivity contribution < 1.29 is 9.59 Å². The van der Waals surface area contributed by atoms with Crippen LogP contribution in [0.2, 0.25) is 0 Å². The van der Waals surface area contributed by atoms with Crippen molar-refractivity contribution in [3.63, 3.8) is 0 Å². The number of aromatic nitrogens is 4. The molecular weight excluding hydrogens is 432 g/mol. The molecule has 0 spiro atoms. The first-order valence-electron chi connectivity index (χ1n) is 11.1. The van der Waals surface area contributed by atoms with E-state index in [2.05, 4.69) is 21.0 Å². The SMILES string of the molecule is CCn1nc(C(=O)NNC(=O)c2cnn(-c3ccc(C)cc3)c2C(C)C)c2ccccc2c1=O. The summed E-state index contributed by atoms with van der Waals surface area (Å²) in [5.41, 5.74) is 7.71. The lowest BCUT2D eigenvalue weighted by Crippen LogP contribution is -2.43. The molecule has 0 bridgehead atoms. The van der Waals surface area contributed by atoms with E-state index in [1.807, 2.05) is 45.0 Å². The summed E-state index contributed by atoms with van der Waals surface area (Å²) < 4.78 is 2.95. The van der Waals surface area contributed by atoms with Crippen LogP contribution in [0.25, 0.3) is 16.5 Å². The smallest absolute Gasteiger partial charge is 0.267 e. The summed E-state index contributed by atoms with van der Waals surface area (Å²) in [6, 6.07) is 14.6. The second-order valence-corrected chi connectivity index (χ2v) is 8.27. The largest absolute Gasteiger partial charge is 0.290 e. The number of nitrogens with one attached hydrogen (secondary N) is 2. The lowest BCUT2D eigenvalue weighted by Gasteiger charge is -2.14. The third-order valence-electron chi connectivity index (χ3n) is 5.55. The quantitative estimate of drug-likeness (QED) is 0.447. The summed E-state index contributed by atoms with van der Waals surface area (Å²) in [5.74, 6) is -1.12. The number of hydrogen-bond donors (Lipinski definition) is 2. The molecule has 2 aromatic carbocycles. The minimum Gasteiger partial charge on any atom is -0.267 e. The molecule has 0 atom stereocenters. The highest BCUT2D eigenvalue weighted by Gasteiger charge is 2.22. The van der Waals surface area contributed by atoms with Gasteiger partial charge in [0.05, 0.1) is 28.5 Å². The molecule has 4 aromatic rings. The zero-order chi connectivity index (χ0) is 24.4. The molecule has 2 heterocycles. The van der Waals surface area contributed by atoms with E-state index >= 15 is 0 Å². The number of benzene rings is 2. The average Bonchev–Trinajstić information content (AvgIpc) is 3.29. The van der Waals surface area contributed by atoms with Gasteiger partial charge in [-0.1, -0.05) is 49.7 Å². The average molecular weight is 459 g/mol. The second-order valence-electron chi connectivity index (χ2n) is 8.27. The van der Waals surface area contributed by atoms with Crippen LogP contribution in [0.5, 0.6) is 0 Å². The molecule has 2 N–H and O–H groups in total. The van der Waals surface area contributed by atoms with Gasteiger partial charge in [-0.3, -0.25) is 25.2 Å². The van der Waals surface area contributed by atoms with E-state index in [4.69, 9.17) is 0 Å². The molecule has 0 radical (unpaired) electrons. The first kappa shape index (κ1) is 22.9. The number of carbonyl (C=O) groups excluding carboxylic acids is 2. The van der Waals surface area contributed by atoms with Crippen molar-refractivity contribution >= 4 is 22.6 Å². The maximum atomic E-state index is 13.0. The van der Waals surface area contributed by atoms with Gasteiger partial charge >= 0.3 is 0 Å². The first-order chi connectivity index (χ1) is 16.3. The van der Waals surface area contributed by atoms with Crippen molar-refractivity contribution in [3.8, 4) is 5.69 Å². The van der Waals surface area contributed by atoms with Crippen molar-refractivity contribution in [2.45, 2.75) is 40.2 Å². The highest BCUT2D eigenvalue weighted by atomic mass is 16.2. The van der Waals surface area contributed by atoms with Crippen LogP contribution < -0.4 is 16.4 Å². The molecule has 0 fully saturated rings. The fourth-order valence-electron chi connectivity index (χ4n) is 3.84. The third-order valence-corrected chi connectivity index (χ3v) is 5.55. The Morgan fingerprint density at radius 2 is 1.62 bits per heavy atom. The summed E-state index contributed by atoms with van der Waals surface area (Å²) >= 11 is 0.